The molecule has 15 nitrogen and oxygen atoms in total. The third-order valence-electron chi connectivity index (χ3n) is 7.73. The molecule has 15 heteroatoms. The molecule has 2 rings (SSSR count). The van der Waals surface area contributed by atoms with Gasteiger partial charge in [-0.15, -0.1) is 0 Å². The molecule has 1 heterocycles. The zero-order valence-electron chi connectivity index (χ0n) is 26.7. The molecular formula is C31H46N6O9. The number of carboxylic acid groups (broad SMARTS) is 2. The number of nitrogens with zero attached hydrogens (tertiary/aromatic N) is 1. The third kappa shape index (κ3) is 11.4. The normalized spacial score (nSPS) is 17.0. The molecule has 1 aliphatic heterocycles. The van der Waals surface area contributed by atoms with Gasteiger partial charge in [0.2, 0.25) is 29.5 Å². The highest BCUT2D eigenvalue weighted by atomic mass is 16.4. The molecule has 1 saturated heterocycles. The summed E-state index contributed by atoms with van der Waals surface area (Å²) >= 11 is 0. The van der Waals surface area contributed by atoms with Crippen LogP contribution in [0.1, 0.15) is 58.9 Å². The first-order valence-corrected chi connectivity index (χ1v) is 15.3. The Morgan fingerprint density at radius 3 is 2.09 bits per heavy atom. The van der Waals surface area contributed by atoms with Crippen molar-refractivity contribution in [2.24, 2.45) is 17.6 Å². The average Bonchev–Trinajstić information content (AvgIpc) is 3.50. The second kappa shape index (κ2) is 17.8. The number of benzene rings is 1. The first kappa shape index (κ1) is 37.7. The molecular weight excluding hydrogens is 600 g/mol. The van der Waals surface area contributed by atoms with E-state index in [-0.39, 0.29) is 31.2 Å². The maximum absolute atomic E-state index is 13.4. The number of nitrogens with one attached hydrogen (secondary N) is 4. The molecule has 1 aromatic carbocycles. The average molecular weight is 647 g/mol. The SMILES string of the molecule is CC(C)[C@H](N)C(=O)N[C@H](C(=O)NCC(=O)N1CCC[C@H]1C(=O)N[C@@H](Cc1ccccc1)C(=O)N[C@@H](CCC(=O)O)C(=O)O)C(C)C. The van der Waals surface area contributed by atoms with Gasteiger partial charge in [-0.2, -0.15) is 0 Å². The number of carbonyl (C=O) groups excluding carboxylic acids is 5. The molecule has 1 aliphatic rings. The molecule has 0 unspecified atom stereocenters. The molecule has 0 bridgehead atoms. The van der Waals surface area contributed by atoms with Crippen LogP contribution in [0.25, 0.3) is 0 Å². The number of carbonyl (C=O) groups is 7. The second-order valence-electron chi connectivity index (χ2n) is 12.0. The highest BCUT2D eigenvalue weighted by Gasteiger charge is 2.37. The predicted molar refractivity (Wildman–Crippen MR) is 166 cm³/mol. The van der Waals surface area contributed by atoms with Crippen LogP contribution in [0, 0.1) is 11.8 Å². The van der Waals surface area contributed by atoms with Gasteiger partial charge in [0.05, 0.1) is 12.6 Å². The predicted octanol–water partition coefficient (Wildman–Crippen LogP) is -0.621. The Kier molecular flexibility index (Phi) is 14.6. The number of aliphatic carboxylic acids is 2. The molecule has 1 fully saturated rings. The Morgan fingerprint density at radius 1 is 0.870 bits per heavy atom. The van der Waals surface area contributed by atoms with Gasteiger partial charge in [0.1, 0.15) is 24.2 Å². The summed E-state index contributed by atoms with van der Waals surface area (Å²) < 4.78 is 0. The molecule has 1 aromatic rings. The fourth-order valence-electron chi connectivity index (χ4n) is 4.92. The van der Waals surface area contributed by atoms with Gasteiger partial charge in [0.15, 0.2) is 0 Å². The van der Waals surface area contributed by atoms with Crippen molar-refractivity contribution < 1.29 is 43.8 Å². The van der Waals surface area contributed by atoms with Gasteiger partial charge in [-0.05, 0) is 36.7 Å². The smallest absolute Gasteiger partial charge is 0.326 e. The maximum atomic E-state index is 13.4. The first-order chi connectivity index (χ1) is 21.6. The molecule has 0 saturated carbocycles. The number of amides is 5. The molecule has 0 aliphatic carbocycles. The van der Waals surface area contributed by atoms with E-state index in [0.29, 0.717) is 18.4 Å². The van der Waals surface area contributed by atoms with E-state index in [1.807, 2.05) is 0 Å². The standard InChI is InChI=1S/C31H46N6O9/c1-17(2)25(32)29(43)36-26(18(3)4)30(44)33-16-23(38)37-14-8-11-22(37)28(42)35-21(15-19-9-6-5-7-10-19)27(41)34-20(31(45)46)12-13-24(39)40/h5-7,9-10,17-18,20-22,25-26H,8,11-16,32H2,1-4H3,(H,33,44)(H,34,41)(H,35,42)(H,36,43)(H,39,40)(H,45,46)/t20-,21-,22-,25-,26-/m0/s1. The lowest BCUT2D eigenvalue weighted by Gasteiger charge is -2.28. The number of rotatable bonds is 17. The lowest BCUT2D eigenvalue weighted by atomic mass is 10.0. The zero-order valence-corrected chi connectivity index (χ0v) is 26.7. The highest BCUT2D eigenvalue weighted by Crippen LogP contribution is 2.18. The van der Waals surface area contributed by atoms with Gasteiger partial charge in [-0.1, -0.05) is 58.0 Å². The van der Waals surface area contributed by atoms with E-state index < -0.39 is 84.6 Å². The van der Waals surface area contributed by atoms with Crippen LogP contribution >= 0.6 is 0 Å². The van der Waals surface area contributed by atoms with Crippen LogP contribution in [0.4, 0.5) is 0 Å². The minimum atomic E-state index is -1.49. The van der Waals surface area contributed by atoms with E-state index in [4.69, 9.17) is 10.8 Å². The van der Waals surface area contributed by atoms with E-state index in [1.165, 1.54) is 4.90 Å². The topological polar surface area (TPSA) is 237 Å². The Balaban J connectivity index is 2.12. The number of hydrogen-bond acceptors (Lipinski definition) is 8. The third-order valence-corrected chi connectivity index (χ3v) is 7.73. The first-order valence-electron chi connectivity index (χ1n) is 15.3. The van der Waals surface area contributed by atoms with E-state index in [1.54, 1.807) is 58.0 Å². The van der Waals surface area contributed by atoms with Crippen molar-refractivity contribution in [3.05, 3.63) is 35.9 Å². The van der Waals surface area contributed by atoms with E-state index >= 15 is 0 Å². The fourth-order valence-corrected chi connectivity index (χ4v) is 4.92. The van der Waals surface area contributed by atoms with Crippen molar-refractivity contribution in [1.29, 1.82) is 0 Å². The van der Waals surface area contributed by atoms with E-state index in [2.05, 4.69) is 21.3 Å². The Hall–Kier alpha value is -4.53. The van der Waals surface area contributed by atoms with Crippen LogP contribution in [-0.4, -0.2) is 99.9 Å². The van der Waals surface area contributed by atoms with Gasteiger partial charge in [-0.3, -0.25) is 28.8 Å². The van der Waals surface area contributed by atoms with Crippen molar-refractivity contribution in [2.75, 3.05) is 13.1 Å². The van der Waals surface area contributed by atoms with Crippen molar-refractivity contribution in [1.82, 2.24) is 26.2 Å². The molecule has 46 heavy (non-hydrogen) atoms. The van der Waals surface area contributed by atoms with Gasteiger partial charge in [0.25, 0.3) is 0 Å². The minimum absolute atomic E-state index is 0.00316. The van der Waals surface area contributed by atoms with Crippen molar-refractivity contribution in [3.8, 4) is 0 Å². The Labute approximate surface area is 268 Å². The summed E-state index contributed by atoms with van der Waals surface area (Å²) in [6, 6.07) is 3.25. The minimum Gasteiger partial charge on any atom is -0.481 e. The Morgan fingerprint density at radius 2 is 1.52 bits per heavy atom. The summed E-state index contributed by atoms with van der Waals surface area (Å²) in [4.78, 5) is 89.2. The summed E-state index contributed by atoms with van der Waals surface area (Å²) in [6.45, 7) is 6.83. The van der Waals surface area contributed by atoms with Crippen LogP contribution in [-0.2, 0) is 40.0 Å². The van der Waals surface area contributed by atoms with Crippen LogP contribution in [0.15, 0.2) is 30.3 Å². The number of likely N-dealkylation sites (tertiary alicyclic amines) is 1. The second-order valence-corrected chi connectivity index (χ2v) is 12.0. The van der Waals surface area contributed by atoms with Crippen molar-refractivity contribution in [3.63, 3.8) is 0 Å². The lowest BCUT2D eigenvalue weighted by Crippen LogP contribution is -2.57. The molecule has 0 spiro atoms. The summed E-state index contributed by atoms with van der Waals surface area (Å²) in [6.07, 6.45) is -0.0623. The molecule has 8 N–H and O–H groups in total. The summed E-state index contributed by atoms with van der Waals surface area (Å²) in [5.41, 5.74) is 6.57. The zero-order chi connectivity index (χ0) is 34.6. The van der Waals surface area contributed by atoms with Crippen LogP contribution < -0.4 is 27.0 Å². The molecule has 5 amide bonds. The van der Waals surface area contributed by atoms with Crippen molar-refractivity contribution in [2.45, 2.75) is 90.0 Å². The van der Waals surface area contributed by atoms with E-state index in [9.17, 15) is 38.7 Å². The van der Waals surface area contributed by atoms with Gasteiger partial charge >= 0.3 is 11.9 Å². The van der Waals surface area contributed by atoms with Gasteiger partial charge in [-0.25, -0.2) is 4.79 Å². The maximum Gasteiger partial charge on any atom is 0.326 e. The summed E-state index contributed by atoms with van der Waals surface area (Å²) in [5, 5.41) is 28.6. The van der Waals surface area contributed by atoms with Gasteiger partial charge in [0, 0.05) is 19.4 Å². The quantitative estimate of drug-likeness (QED) is 0.113. The molecule has 254 valence electrons. The van der Waals surface area contributed by atoms with Crippen LogP contribution in [0.2, 0.25) is 0 Å². The highest BCUT2D eigenvalue weighted by molar-refractivity contribution is 5.95. The largest absolute Gasteiger partial charge is 0.481 e. The van der Waals surface area contributed by atoms with Crippen LogP contribution in [0.3, 0.4) is 0 Å². The van der Waals surface area contributed by atoms with Gasteiger partial charge < -0.3 is 42.1 Å². The fraction of sp³-hybridized carbons (Fsp3) is 0.581. The monoisotopic (exact) mass is 646 g/mol. The molecule has 0 radical (unpaired) electrons. The Bertz CT molecular complexity index is 1260. The van der Waals surface area contributed by atoms with E-state index in [0.717, 1.165) is 0 Å². The molecule has 0 aromatic heterocycles. The number of nitrogens with two attached hydrogens (primary N) is 1. The number of hydrogen-bond donors (Lipinski definition) is 7. The summed E-state index contributed by atoms with van der Waals surface area (Å²) in [7, 11) is 0. The summed E-state index contributed by atoms with van der Waals surface area (Å²) in [5.74, 6) is -6.17. The van der Waals surface area contributed by atoms with Crippen molar-refractivity contribution >= 4 is 41.5 Å². The number of carboxylic acids is 2. The van der Waals surface area contributed by atoms with Crippen LogP contribution in [0.5, 0.6) is 0 Å². The molecule has 5 atom stereocenters. The lowest BCUT2D eigenvalue weighted by molar-refractivity contribution is -0.144.